The third-order valence-corrected chi connectivity index (χ3v) is 7.12. The van der Waals surface area contributed by atoms with Gasteiger partial charge in [-0.1, -0.05) is 29.8 Å². The number of aliphatic imine (C=N–C) groups is 1. The molecule has 2 N–H and O–H groups in total. The highest BCUT2D eigenvalue weighted by Gasteiger charge is 2.23. The van der Waals surface area contributed by atoms with Crippen LogP contribution in [-0.4, -0.2) is 62.6 Å². The highest BCUT2D eigenvalue weighted by molar-refractivity contribution is 14.0. The van der Waals surface area contributed by atoms with E-state index in [2.05, 4.69) is 15.6 Å². The van der Waals surface area contributed by atoms with Crippen molar-refractivity contribution in [3.63, 3.8) is 0 Å². The molecule has 1 heterocycles. The minimum Gasteiger partial charge on any atom is -0.355 e. The van der Waals surface area contributed by atoms with Gasteiger partial charge in [-0.05, 0) is 18.6 Å². The Kier molecular flexibility index (Phi) is 10.6. The molecule has 1 fully saturated rings. The molecule has 0 aliphatic carbocycles. The lowest BCUT2D eigenvalue weighted by molar-refractivity contribution is 0.443. The van der Waals surface area contributed by atoms with Crippen molar-refractivity contribution in [1.29, 1.82) is 0 Å². The van der Waals surface area contributed by atoms with Crippen LogP contribution in [0, 0.1) is 0 Å². The fourth-order valence-corrected chi connectivity index (χ4v) is 5.35. The first-order valence-electron chi connectivity index (χ1n) is 8.21. The van der Waals surface area contributed by atoms with Crippen LogP contribution in [0.1, 0.15) is 18.5 Å². The number of benzene rings is 1. The number of hydrogen-bond donors (Lipinski definition) is 2. The summed E-state index contributed by atoms with van der Waals surface area (Å²) in [5, 5.41) is 6.99. The lowest BCUT2D eigenvalue weighted by Gasteiger charge is -2.26. The van der Waals surface area contributed by atoms with Crippen LogP contribution in [0.15, 0.2) is 29.3 Å². The summed E-state index contributed by atoms with van der Waals surface area (Å²) < 4.78 is 26.3. The number of nitrogens with one attached hydrogen (secondary N) is 2. The van der Waals surface area contributed by atoms with Crippen LogP contribution in [0.2, 0.25) is 5.02 Å². The number of rotatable bonds is 6. The van der Waals surface area contributed by atoms with E-state index in [0.29, 0.717) is 30.6 Å². The summed E-state index contributed by atoms with van der Waals surface area (Å²) in [6, 6.07) is 7.56. The molecule has 0 saturated carbocycles. The number of thioether (sulfide) groups is 1. The van der Waals surface area contributed by atoms with E-state index in [1.54, 1.807) is 23.1 Å². The normalized spacial score (nSPS) is 17.3. The monoisotopic (exact) mass is 532 g/mol. The summed E-state index contributed by atoms with van der Waals surface area (Å²) in [6.45, 7) is 3.49. The van der Waals surface area contributed by atoms with E-state index >= 15 is 0 Å². The Balaban J connectivity index is 0.00000338. The van der Waals surface area contributed by atoms with Crippen molar-refractivity contribution in [2.45, 2.75) is 13.0 Å². The maximum absolute atomic E-state index is 12.3. The van der Waals surface area contributed by atoms with E-state index in [9.17, 15) is 8.42 Å². The van der Waals surface area contributed by atoms with E-state index in [-0.39, 0.29) is 35.8 Å². The molecule has 1 atom stereocenters. The maximum atomic E-state index is 12.3. The molecule has 1 aromatic rings. The standard InChI is InChI=1S/C16H25ClN4O2S2.HI/c1-13(14-5-3-4-6-15(14)17)20-16(18-2)19-7-12-25(22,23)21-8-10-24-11-9-21;/h3-6,13H,7-12H2,1-2H3,(H2,18,19,20);1H. The zero-order valence-corrected chi connectivity index (χ0v) is 19.7. The van der Waals surface area contributed by atoms with Gasteiger partial charge in [0.25, 0.3) is 0 Å². The molecule has 1 unspecified atom stereocenters. The quantitative estimate of drug-likeness (QED) is 0.335. The first-order valence-corrected chi connectivity index (χ1v) is 11.4. The van der Waals surface area contributed by atoms with E-state index in [0.717, 1.165) is 17.1 Å². The van der Waals surface area contributed by atoms with Gasteiger partial charge < -0.3 is 10.6 Å². The molecule has 0 spiro atoms. The molecule has 148 valence electrons. The number of guanidine groups is 1. The van der Waals surface area contributed by atoms with Gasteiger partial charge in [0.15, 0.2) is 5.96 Å². The van der Waals surface area contributed by atoms with E-state index in [1.165, 1.54) is 0 Å². The minimum absolute atomic E-state index is 0. The average molecular weight is 533 g/mol. The fourth-order valence-electron chi connectivity index (χ4n) is 2.56. The lowest BCUT2D eigenvalue weighted by atomic mass is 10.1. The molecular weight excluding hydrogens is 507 g/mol. The molecule has 1 saturated heterocycles. The molecule has 1 aromatic carbocycles. The maximum Gasteiger partial charge on any atom is 0.215 e. The van der Waals surface area contributed by atoms with Crippen LogP contribution in [0.5, 0.6) is 0 Å². The second-order valence-electron chi connectivity index (χ2n) is 5.71. The van der Waals surface area contributed by atoms with Crippen LogP contribution >= 0.6 is 47.3 Å². The van der Waals surface area contributed by atoms with E-state index in [1.807, 2.05) is 31.2 Å². The van der Waals surface area contributed by atoms with Gasteiger partial charge in [-0.25, -0.2) is 12.7 Å². The van der Waals surface area contributed by atoms with Crippen LogP contribution in [0.25, 0.3) is 0 Å². The second-order valence-corrected chi connectivity index (χ2v) is 9.43. The van der Waals surface area contributed by atoms with Gasteiger partial charge in [-0.15, -0.1) is 24.0 Å². The first-order chi connectivity index (χ1) is 11.9. The van der Waals surface area contributed by atoms with Gasteiger partial charge in [0, 0.05) is 43.2 Å². The molecule has 2 rings (SSSR count). The van der Waals surface area contributed by atoms with Crippen LogP contribution < -0.4 is 10.6 Å². The van der Waals surface area contributed by atoms with Crippen molar-refractivity contribution in [3.05, 3.63) is 34.9 Å². The molecule has 0 radical (unpaired) electrons. The SMILES string of the molecule is CN=C(NCCS(=O)(=O)N1CCSCC1)NC(C)c1ccccc1Cl.I. The third-order valence-electron chi connectivity index (χ3n) is 3.96. The van der Waals surface area contributed by atoms with Gasteiger partial charge in [0.2, 0.25) is 10.0 Å². The van der Waals surface area contributed by atoms with Gasteiger partial charge in [0.05, 0.1) is 11.8 Å². The minimum atomic E-state index is -3.22. The van der Waals surface area contributed by atoms with Gasteiger partial charge >= 0.3 is 0 Å². The fraction of sp³-hybridized carbons (Fsp3) is 0.562. The summed E-state index contributed by atoms with van der Waals surface area (Å²) in [7, 11) is -1.56. The smallest absolute Gasteiger partial charge is 0.215 e. The predicted molar refractivity (Wildman–Crippen MR) is 122 cm³/mol. The Labute approximate surface area is 182 Å². The Morgan fingerprint density at radius 2 is 2.00 bits per heavy atom. The van der Waals surface area contributed by atoms with Crippen molar-refractivity contribution in [2.24, 2.45) is 4.99 Å². The second kappa shape index (κ2) is 11.6. The van der Waals surface area contributed by atoms with E-state index in [4.69, 9.17) is 11.6 Å². The summed E-state index contributed by atoms with van der Waals surface area (Å²) in [6.07, 6.45) is 0. The van der Waals surface area contributed by atoms with E-state index < -0.39 is 10.0 Å². The largest absolute Gasteiger partial charge is 0.355 e. The Morgan fingerprint density at radius 1 is 1.35 bits per heavy atom. The summed E-state index contributed by atoms with van der Waals surface area (Å²) in [5.41, 5.74) is 0.963. The molecule has 10 heteroatoms. The summed E-state index contributed by atoms with van der Waals surface area (Å²) in [5.74, 6) is 2.34. The van der Waals surface area contributed by atoms with Crippen molar-refractivity contribution in [2.75, 3.05) is 43.9 Å². The predicted octanol–water partition coefficient (Wildman–Crippen LogP) is 2.56. The molecule has 0 aromatic heterocycles. The molecule has 6 nitrogen and oxygen atoms in total. The Morgan fingerprint density at radius 3 is 2.62 bits per heavy atom. The van der Waals surface area contributed by atoms with Gasteiger partial charge in [-0.2, -0.15) is 11.8 Å². The van der Waals surface area contributed by atoms with Crippen molar-refractivity contribution < 1.29 is 8.42 Å². The topological polar surface area (TPSA) is 73.8 Å². The molecule has 1 aliphatic rings. The molecule has 0 bridgehead atoms. The van der Waals surface area contributed by atoms with Crippen molar-refractivity contribution in [3.8, 4) is 0 Å². The number of nitrogens with zero attached hydrogens (tertiary/aromatic N) is 2. The number of sulfonamides is 1. The van der Waals surface area contributed by atoms with Crippen molar-refractivity contribution in [1.82, 2.24) is 14.9 Å². The molecule has 1 aliphatic heterocycles. The highest BCUT2D eigenvalue weighted by atomic mass is 127. The molecule has 0 amide bonds. The Bertz CT molecular complexity index is 697. The zero-order chi connectivity index (χ0) is 18.3. The highest BCUT2D eigenvalue weighted by Crippen LogP contribution is 2.21. The lowest BCUT2D eigenvalue weighted by Crippen LogP contribution is -2.44. The van der Waals surface area contributed by atoms with Crippen LogP contribution in [0.4, 0.5) is 0 Å². The van der Waals surface area contributed by atoms with Gasteiger partial charge in [0.1, 0.15) is 0 Å². The molecule has 26 heavy (non-hydrogen) atoms. The summed E-state index contributed by atoms with van der Waals surface area (Å²) >= 11 is 8.00. The number of hydrogen-bond acceptors (Lipinski definition) is 4. The van der Waals surface area contributed by atoms with Crippen LogP contribution in [0.3, 0.4) is 0 Å². The van der Waals surface area contributed by atoms with Crippen molar-refractivity contribution >= 4 is 63.3 Å². The number of halogens is 2. The third kappa shape index (κ3) is 7.06. The zero-order valence-electron chi connectivity index (χ0n) is 14.9. The van der Waals surface area contributed by atoms with Crippen LogP contribution in [-0.2, 0) is 10.0 Å². The average Bonchev–Trinajstić information content (AvgIpc) is 2.61. The Hall–Kier alpha value is -0.230. The molecular formula is C16H26ClIN4O2S2. The summed E-state index contributed by atoms with van der Waals surface area (Å²) in [4.78, 5) is 4.15. The first kappa shape index (κ1) is 23.8. The van der Waals surface area contributed by atoms with Gasteiger partial charge in [-0.3, -0.25) is 4.99 Å².